The van der Waals surface area contributed by atoms with Gasteiger partial charge in [-0.15, -0.1) is 5.10 Å². The lowest BCUT2D eigenvalue weighted by molar-refractivity contribution is -0.144. The zero-order valence-corrected chi connectivity index (χ0v) is 18.9. The molecule has 32 heavy (non-hydrogen) atoms. The maximum absolute atomic E-state index is 12.9. The van der Waals surface area contributed by atoms with E-state index in [-0.39, 0.29) is 18.1 Å². The first-order chi connectivity index (χ1) is 15.4. The number of nitrogens with one attached hydrogen (secondary N) is 1. The summed E-state index contributed by atoms with van der Waals surface area (Å²) in [6, 6.07) is 6.52. The molecule has 0 saturated heterocycles. The monoisotopic (exact) mass is 438 g/mol. The summed E-state index contributed by atoms with van der Waals surface area (Å²) in [7, 11) is 0. The number of rotatable bonds is 8. The summed E-state index contributed by atoms with van der Waals surface area (Å²) in [5, 5.41) is 12.9. The second-order valence-electron chi connectivity index (χ2n) is 8.57. The van der Waals surface area contributed by atoms with E-state index < -0.39 is 0 Å². The van der Waals surface area contributed by atoms with Gasteiger partial charge in [0.05, 0.1) is 18.7 Å². The van der Waals surface area contributed by atoms with Crippen LogP contribution in [0.25, 0.3) is 10.9 Å². The van der Waals surface area contributed by atoms with Crippen molar-refractivity contribution in [2.24, 2.45) is 0 Å². The van der Waals surface area contributed by atoms with E-state index in [0.717, 1.165) is 34.9 Å². The Morgan fingerprint density at radius 3 is 2.75 bits per heavy atom. The van der Waals surface area contributed by atoms with Crippen LogP contribution in [0.3, 0.4) is 0 Å². The molecule has 1 aliphatic rings. The smallest absolute Gasteiger partial charge is 0.327 e. The summed E-state index contributed by atoms with van der Waals surface area (Å²) in [4.78, 5) is 30.2. The zero-order chi connectivity index (χ0) is 22.7. The molecule has 2 heterocycles. The third-order valence-electron chi connectivity index (χ3n) is 6.12. The molecule has 4 rings (SSSR count). The average Bonchev–Trinajstić information content (AvgIpc) is 3.41. The van der Waals surface area contributed by atoms with Gasteiger partial charge in [-0.3, -0.25) is 14.5 Å². The summed E-state index contributed by atoms with van der Waals surface area (Å²) in [6.45, 7) is 7.09. The molecule has 1 aliphatic carbocycles. The zero-order valence-electron chi connectivity index (χ0n) is 18.9. The third-order valence-corrected chi connectivity index (χ3v) is 6.12. The maximum Gasteiger partial charge on any atom is 0.327 e. The van der Waals surface area contributed by atoms with E-state index in [4.69, 9.17) is 4.74 Å². The van der Waals surface area contributed by atoms with Crippen molar-refractivity contribution in [2.45, 2.75) is 72.1 Å². The Morgan fingerprint density at radius 2 is 2.00 bits per heavy atom. The Labute approximate surface area is 186 Å². The summed E-state index contributed by atoms with van der Waals surface area (Å²) in [5.74, 6) is 0.221. The van der Waals surface area contributed by atoms with Crippen LogP contribution >= 0.6 is 0 Å². The van der Waals surface area contributed by atoms with E-state index in [9.17, 15) is 9.59 Å². The molecule has 0 amide bonds. The third kappa shape index (κ3) is 4.88. The predicted octanol–water partition coefficient (Wildman–Crippen LogP) is 2.64. The van der Waals surface area contributed by atoms with Crippen molar-refractivity contribution in [1.29, 1.82) is 0 Å². The van der Waals surface area contributed by atoms with Crippen molar-refractivity contribution >= 4 is 16.9 Å². The highest BCUT2D eigenvalue weighted by Crippen LogP contribution is 2.26. The average molecular weight is 439 g/mol. The SMILES string of the molecule is CCOC(=O)Cn1nnnc1CN(Cc1cc2cc(C)cc(C)c2[nH]c1=O)C1CCCC1. The van der Waals surface area contributed by atoms with E-state index >= 15 is 0 Å². The van der Waals surface area contributed by atoms with Crippen molar-refractivity contribution in [3.63, 3.8) is 0 Å². The first kappa shape index (κ1) is 22.1. The summed E-state index contributed by atoms with van der Waals surface area (Å²) in [5.41, 5.74) is 3.76. The van der Waals surface area contributed by atoms with Gasteiger partial charge in [-0.2, -0.15) is 0 Å². The molecule has 1 N–H and O–H groups in total. The van der Waals surface area contributed by atoms with Gasteiger partial charge in [0.2, 0.25) is 0 Å². The van der Waals surface area contributed by atoms with Gasteiger partial charge in [0, 0.05) is 18.2 Å². The second kappa shape index (κ2) is 9.60. The van der Waals surface area contributed by atoms with Crippen LogP contribution in [0.15, 0.2) is 23.0 Å². The molecule has 170 valence electrons. The normalized spacial score (nSPS) is 14.5. The number of benzene rings is 1. The fourth-order valence-corrected chi connectivity index (χ4v) is 4.62. The number of ether oxygens (including phenoxy) is 1. The number of esters is 1. The van der Waals surface area contributed by atoms with Crippen molar-refractivity contribution < 1.29 is 9.53 Å². The molecular weight excluding hydrogens is 408 g/mol. The molecule has 0 aliphatic heterocycles. The molecule has 0 bridgehead atoms. The Bertz CT molecular complexity index is 1160. The minimum atomic E-state index is -0.370. The highest BCUT2D eigenvalue weighted by Gasteiger charge is 2.26. The number of fused-ring (bicyclic) bond motifs is 1. The Hall–Kier alpha value is -3.07. The number of hydrogen-bond acceptors (Lipinski definition) is 7. The van der Waals surface area contributed by atoms with Crippen LogP contribution in [0.5, 0.6) is 0 Å². The lowest BCUT2D eigenvalue weighted by Gasteiger charge is -2.28. The van der Waals surface area contributed by atoms with Crippen molar-refractivity contribution in [3.05, 3.63) is 51.1 Å². The van der Waals surface area contributed by atoms with Gasteiger partial charge in [-0.05, 0) is 67.1 Å². The number of hydrogen-bond donors (Lipinski definition) is 1. The minimum Gasteiger partial charge on any atom is -0.465 e. The van der Waals surface area contributed by atoms with E-state index in [1.54, 1.807) is 6.92 Å². The van der Waals surface area contributed by atoms with Crippen LogP contribution in [0.4, 0.5) is 0 Å². The van der Waals surface area contributed by atoms with Gasteiger partial charge >= 0.3 is 5.97 Å². The maximum atomic E-state index is 12.9. The molecule has 0 radical (unpaired) electrons. The number of carbonyl (C=O) groups is 1. The Morgan fingerprint density at radius 1 is 1.22 bits per heavy atom. The van der Waals surface area contributed by atoms with Crippen molar-refractivity contribution in [2.75, 3.05) is 6.61 Å². The Balaban J connectivity index is 1.62. The van der Waals surface area contributed by atoms with E-state index in [2.05, 4.69) is 44.5 Å². The number of pyridine rings is 1. The molecular formula is C23H30N6O3. The fraction of sp³-hybridized carbons (Fsp3) is 0.522. The number of nitrogens with zero attached hydrogens (tertiary/aromatic N) is 5. The van der Waals surface area contributed by atoms with Crippen LogP contribution in [0.1, 0.15) is 55.1 Å². The molecule has 3 aromatic rings. The highest BCUT2D eigenvalue weighted by atomic mass is 16.5. The lowest BCUT2D eigenvalue weighted by Crippen LogP contribution is -2.35. The summed E-state index contributed by atoms with van der Waals surface area (Å²) < 4.78 is 6.52. The molecule has 1 fully saturated rings. The Kier molecular flexibility index (Phi) is 6.64. The van der Waals surface area contributed by atoms with Crippen LogP contribution in [0, 0.1) is 13.8 Å². The molecule has 9 nitrogen and oxygen atoms in total. The van der Waals surface area contributed by atoms with Gasteiger partial charge in [-0.1, -0.05) is 24.5 Å². The van der Waals surface area contributed by atoms with E-state index in [0.29, 0.717) is 31.6 Å². The number of aryl methyl sites for hydroxylation is 2. The van der Waals surface area contributed by atoms with Crippen molar-refractivity contribution in [3.8, 4) is 0 Å². The lowest BCUT2D eigenvalue weighted by atomic mass is 10.0. The standard InChI is InChI=1S/C23H30N6O3/c1-4-32-21(30)14-29-20(25-26-27-29)13-28(19-7-5-6-8-19)12-18-11-17-10-15(2)9-16(3)22(17)24-23(18)31/h9-11,19H,4-8,12-14H2,1-3H3,(H,24,31). The van der Waals surface area contributed by atoms with Gasteiger partial charge in [-0.25, -0.2) is 4.68 Å². The molecule has 1 saturated carbocycles. The first-order valence-corrected chi connectivity index (χ1v) is 11.2. The number of aromatic nitrogens is 5. The quantitative estimate of drug-likeness (QED) is 0.539. The number of H-pyrrole nitrogens is 1. The second-order valence-corrected chi connectivity index (χ2v) is 8.57. The van der Waals surface area contributed by atoms with Gasteiger partial charge < -0.3 is 9.72 Å². The first-order valence-electron chi connectivity index (χ1n) is 11.2. The van der Waals surface area contributed by atoms with Crippen molar-refractivity contribution in [1.82, 2.24) is 30.1 Å². The van der Waals surface area contributed by atoms with Crippen LogP contribution < -0.4 is 5.56 Å². The molecule has 0 atom stereocenters. The summed E-state index contributed by atoms with van der Waals surface area (Å²) in [6.07, 6.45) is 4.48. The molecule has 2 aromatic heterocycles. The molecule has 0 unspecified atom stereocenters. The van der Waals surface area contributed by atoms with E-state index in [1.165, 1.54) is 23.1 Å². The fourth-order valence-electron chi connectivity index (χ4n) is 4.62. The summed E-state index contributed by atoms with van der Waals surface area (Å²) >= 11 is 0. The topological polar surface area (TPSA) is 106 Å². The molecule has 0 spiro atoms. The predicted molar refractivity (Wildman–Crippen MR) is 120 cm³/mol. The number of tetrazole rings is 1. The van der Waals surface area contributed by atoms with Crippen LogP contribution in [-0.2, 0) is 29.2 Å². The van der Waals surface area contributed by atoms with Gasteiger partial charge in [0.15, 0.2) is 5.82 Å². The molecule has 9 heteroatoms. The van der Waals surface area contributed by atoms with E-state index in [1.807, 2.05) is 13.0 Å². The highest BCUT2D eigenvalue weighted by molar-refractivity contribution is 5.82. The van der Waals surface area contributed by atoms with Gasteiger partial charge in [0.25, 0.3) is 5.56 Å². The van der Waals surface area contributed by atoms with Gasteiger partial charge in [0.1, 0.15) is 6.54 Å². The molecule has 1 aromatic carbocycles. The minimum absolute atomic E-state index is 0.0240. The number of aromatic amines is 1. The number of carbonyl (C=O) groups excluding carboxylic acids is 1. The van der Waals surface area contributed by atoms with Crippen LogP contribution in [0.2, 0.25) is 0 Å². The largest absolute Gasteiger partial charge is 0.465 e. The van der Waals surface area contributed by atoms with Crippen LogP contribution in [-0.4, -0.2) is 48.7 Å².